The van der Waals surface area contributed by atoms with Crippen LogP contribution >= 0.6 is 0 Å². The Bertz CT molecular complexity index is 501. The summed E-state index contributed by atoms with van der Waals surface area (Å²) in [6.45, 7) is 1.34. The number of nitriles is 1. The number of benzene rings is 1. The second-order valence-corrected chi connectivity index (χ2v) is 3.37. The second-order valence-electron chi connectivity index (χ2n) is 3.37. The number of nitrogens with zero attached hydrogens (tertiary/aromatic N) is 2. The van der Waals surface area contributed by atoms with Gasteiger partial charge in [-0.15, -0.1) is 0 Å². The van der Waals surface area contributed by atoms with Crippen LogP contribution in [0, 0.1) is 11.3 Å². The molecule has 0 aliphatic rings. The van der Waals surface area contributed by atoms with Crippen molar-refractivity contribution in [2.75, 3.05) is 5.43 Å². The molecule has 0 spiro atoms. The Labute approximate surface area is 98.8 Å². The molecule has 86 valence electrons. The van der Waals surface area contributed by atoms with E-state index in [0.717, 1.165) is 6.21 Å². The molecule has 0 amide bonds. The van der Waals surface area contributed by atoms with Crippen LogP contribution in [-0.4, -0.2) is 17.8 Å². The van der Waals surface area contributed by atoms with E-state index in [4.69, 9.17) is 5.26 Å². The van der Waals surface area contributed by atoms with Gasteiger partial charge >= 0.3 is 0 Å². The minimum Gasteiger partial charge on any atom is -0.300 e. The number of anilines is 1. The Hall–Kier alpha value is -2.48. The van der Waals surface area contributed by atoms with E-state index in [-0.39, 0.29) is 18.0 Å². The van der Waals surface area contributed by atoms with Crippen LogP contribution in [0.25, 0.3) is 0 Å². The topological polar surface area (TPSA) is 82.3 Å². The van der Waals surface area contributed by atoms with Crippen LogP contribution in [0.4, 0.5) is 5.69 Å². The normalized spacial score (nSPS) is 9.88. The molecule has 1 rings (SSSR count). The Morgan fingerprint density at radius 2 is 2.18 bits per heavy atom. The minimum atomic E-state index is -0.376. The van der Waals surface area contributed by atoms with E-state index in [1.54, 1.807) is 24.3 Å². The maximum absolute atomic E-state index is 11.1. The molecule has 0 atom stereocenters. The fourth-order valence-corrected chi connectivity index (χ4v) is 1.14. The third kappa shape index (κ3) is 4.26. The number of hydrazone groups is 1. The number of hydrogen-bond donors (Lipinski definition) is 1. The minimum absolute atomic E-state index is 0.162. The molecule has 0 saturated carbocycles. The molecule has 0 aliphatic carbocycles. The quantitative estimate of drug-likeness (QED) is 0.471. The zero-order chi connectivity index (χ0) is 12.7. The largest absolute Gasteiger partial charge is 0.300 e. The van der Waals surface area contributed by atoms with Gasteiger partial charge in [-0.3, -0.25) is 15.0 Å². The van der Waals surface area contributed by atoms with Gasteiger partial charge in [0.2, 0.25) is 0 Å². The van der Waals surface area contributed by atoms with Gasteiger partial charge in [0, 0.05) is 0 Å². The summed E-state index contributed by atoms with van der Waals surface area (Å²) in [6, 6.07) is 8.77. The number of Topliss-reactive ketones (excluding diaryl/α,β-unsaturated/α-hetero) is 2. The zero-order valence-electron chi connectivity index (χ0n) is 9.30. The van der Waals surface area contributed by atoms with E-state index in [1.807, 2.05) is 6.07 Å². The van der Waals surface area contributed by atoms with Gasteiger partial charge in [0.15, 0.2) is 5.78 Å². The smallest absolute Gasteiger partial charge is 0.182 e. The van der Waals surface area contributed by atoms with E-state index in [1.165, 1.54) is 6.92 Å². The Kier molecular flexibility index (Phi) is 4.58. The van der Waals surface area contributed by atoms with Crippen molar-refractivity contribution in [3.05, 3.63) is 29.8 Å². The first-order valence-corrected chi connectivity index (χ1v) is 4.94. The summed E-state index contributed by atoms with van der Waals surface area (Å²) >= 11 is 0. The summed E-state index contributed by atoms with van der Waals surface area (Å²) in [5.41, 5.74) is 3.53. The van der Waals surface area contributed by atoms with E-state index in [9.17, 15) is 9.59 Å². The third-order valence-electron chi connectivity index (χ3n) is 1.86. The first-order valence-electron chi connectivity index (χ1n) is 4.94. The van der Waals surface area contributed by atoms with Crippen molar-refractivity contribution in [3.63, 3.8) is 0 Å². The molecule has 0 radical (unpaired) electrons. The molecule has 17 heavy (non-hydrogen) atoms. The fourth-order valence-electron chi connectivity index (χ4n) is 1.14. The molecule has 5 heteroatoms. The molecule has 1 N–H and O–H groups in total. The van der Waals surface area contributed by atoms with Crippen LogP contribution in [0.15, 0.2) is 29.4 Å². The second kappa shape index (κ2) is 6.18. The van der Waals surface area contributed by atoms with Gasteiger partial charge in [0.1, 0.15) is 11.9 Å². The van der Waals surface area contributed by atoms with Gasteiger partial charge in [0.25, 0.3) is 0 Å². The maximum atomic E-state index is 11.1. The number of hydrogen-bond acceptors (Lipinski definition) is 5. The molecular formula is C12H11N3O2. The highest BCUT2D eigenvalue weighted by molar-refractivity contribution is 6.31. The fraction of sp³-hybridized carbons (Fsp3) is 0.167. The number of rotatable bonds is 5. The lowest BCUT2D eigenvalue weighted by molar-refractivity contribution is -0.122. The lowest BCUT2D eigenvalue weighted by Gasteiger charge is -2.00. The van der Waals surface area contributed by atoms with Crippen LogP contribution in [0.5, 0.6) is 0 Å². The standard InChI is InChI=1S/C12H11N3O2/c1-9(16)6-11(17)8-14-15-12-5-3-2-4-10(12)7-13/h2-5,8,15H,6H2,1H3. The average Bonchev–Trinajstić information content (AvgIpc) is 2.28. The number of carbonyl (C=O) groups is 2. The lowest BCUT2D eigenvalue weighted by Crippen LogP contribution is -2.06. The van der Waals surface area contributed by atoms with E-state index >= 15 is 0 Å². The Balaban J connectivity index is 2.62. The first-order chi connectivity index (χ1) is 8.13. The monoisotopic (exact) mass is 229 g/mol. The summed E-state index contributed by atoms with van der Waals surface area (Å²) in [7, 11) is 0. The van der Waals surface area contributed by atoms with Gasteiger partial charge < -0.3 is 0 Å². The molecule has 1 aromatic rings. The number of carbonyl (C=O) groups excluding carboxylic acids is 2. The summed E-state index contributed by atoms with van der Waals surface area (Å²) < 4.78 is 0. The summed E-state index contributed by atoms with van der Waals surface area (Å²) in [4.78, 5) is 21.8. The summed E-state index contributed by atoms with van der Waals surface area (Å²) in [5, 5.41) is 12.5. The Morgan fingerprint density at radius 3 is 2.82 bits per heavy atom. The number of para-hydroxylation sites is 1. The van der Waals surface area contributed by atoms with E-state index in [0.29, 0.717) is 11.3 Å². The molecule has 0 aliphatic heterocycles. The predicted molar refractivity (Wildman–Crippen MR) is 63.6 cm³/mol. The van der Waals surface area contributed by atoms with Crippen molar-refractivity contribution < 1.29 is 9.59 Å². The van der Waals surface area contributed by atoms with Crippen molar-refractivity contribution in [2.45, 2.75) is 13.3 Å². The molecule has 5 nitrogen and oxygen atoms in total. The van der Waals surface area contributed by atoms with E-state index in [2.05, 4.69) is 10.5 Å². The van der Waals surface area contributed by atoms with Crippen molar-refractivity contribution in [1.29, 1.82) is 5.26 Å². The van der Waals surface area contributed by atoms with Crippen molar-refractivity contribution in [1.82, 2.24) is 0 Å². The van der Waals surface area contributed by atoms with Crippen LogP contribution in [-0.2, 0) is 9.59 Å². The average molecular weight is 229 g/mol. The molecule has 1 aromatic carbocycles. The summed E-state index contributed by atoms with van der Waals surface area (Å²) in [6.07, 6.45) is 0.876. The highest BCUT2D eigenvalue weighted by Crippen LogP contribution is 2.12. The van der Waals surface area contributed by atoms with Gasteiger partial charge in [-0.1, -0.05) is 12.1 Å². The number of ketones is 2. The Morgan fingerprint density at radius 1 is 1.47 bits per heavy atom. The van der Waals surface area contributed by atoms with Gasteiger partial charge in [0.05, 0.1) is 23.9 Å². The van der Waals surface area contributed by atoms with Crippen LogP contribution in [0.2, 0.25) is 0 Å². The van der Waals surface area contributed by atoms with Crippen LogP contribution in [0.1, 0.15) is 18.9 Å². The molecule has 0 aromatic heterocycles. The van der Waals surface area contributed by atoms with Crippen molar-refractivity contribution in [3.8, 4) is 6.07 Å². The number of nitrogens with one attached hydrogen (secondary N) is 1. The lowest BCUT2D eigenvalue weighted by atomic mass is 10.2. The van der Waals surface area contributed by atoms with Gasteiger partial charge in [-0.05, 0) is 19.1 Å². The van der Waals surface area contributed by atoms with Crippen molar-refractivity contribution in [2.24, 2.45) is 5.10 Å². The molecule has 0 unspecified atom stereocenters. The highest BCUT2D eigenvalue weighted by Gasteiger charge is 2.02. The van der Waals surface area contributed by atoms with Crippen LogP contribution in [0.3, 0.4) is 0 Å². The van der Waals surface area contributed by atoms with Crippen LogP contribution < -0.4 is 5.43 Å². The SMILES string of the molecule is CC(=O)CC(=O)C=NNc1ccccc1C#N. The van der Waals surface area contributed by atoms with E-state index < -0.39 is 0 Å². The molecule has 0 fully saturated rings. The zero-order valence-corrected chi connectivity index (χ0v) is 9.30. The molecular weight excluding hydrogens is 218 g/mol. The van der Waals surface area contributed by atoms with Crippen molar-refractivity contribution >= 4 is 23.5 Å². The van der Waals surface area contributed by atoms with Gasteiger partial charge in [-0.25, -0.2) is 0 Å². The first kappa shape index (κ1) is 12.6. The third-order valence-corrected chi connectivity index (χ3v) is 1.86. The summed E-state index contributed by atoms with van der Waals surface area (Å²) in [5.74, 6) is -0.585. The molecule has 0 bridgehead atoms. The maximum Gasteiger partial charge on any atom is 0.182 e. The highest BCUT2D eigenvalue weighted by atomic mass is 16.1. The molecule has 0 saturated heterocycles. The predicted octanol–water partition coefficient (Wildman–Crippen LogP) is 1.50. The van der Waals surface area contributed by atoms with Gasteiger partial charge in [-0.2, -0.15) is 10.4 Å². The molecule has 0 heterocycles.